The molecule has 1 unspecified atom stereocenters. The fourth-order valence-corrected chi connectivity index (χ4v) is 4.13. The minimum Gasteiger partial charge on any atom is -0.373 e. The molecule has 2 aromatic carbocycles. The van der Waals surface area contributed by atoms with Crippen LogP contribution in [-0.2, 0) is 0 Å². The third-order valence-corrected chi connectivity index (χ3v) is 6.01. The molecule has 0 amide bonds. The summed E-state index contributed by atoms with van der Waals surface area (Å²) < 4.78 is 38.6. The van der Waals surface area contributed by atoms with Gasteiger partial charge in [-0.3, -0.25) is 9.97 Å². The third kappa shape index (κ3) is 5.10. The average Bonchev–Trinajstić information content (AvgIpc) is 3.41. The van der Waals surface area contributed by atoms with Gasteiger partial charge in [0.2, 0.25) is 0 Å². The highest BCUT2D eigenvalue weighted by Crippen LogP contribution is 2.36. The second-order valence-corrected chi connectivity index (χ2v) is 9.12. The Morgan fingerprint density at radius 1 is 1.05 bits per heavy atom. The second-order valence-electron chi connectivity index (χ2n) is 8.71. The molecule has 0 bridgehead atoms. The largest absolute Gasteiger partial charge is 0.373 e. The van der Waals surface area contributed by atoms with E-state index in [-0.39, 0.29) is 22.3 Å². The van der Waals surface area contributed by atoms with Gasteiger partial charge in [-0.25, -0.2) is 13.5 Å². The van der Waals surface area contributed by atoms with Gasteiger partial charge >= 0.3 is 0 Å². The van der Waals surface area contributed by atoms with Crippen molar-refractivity contribution in [2.75, 3.05) is 10.6 Å². The lowest BCUT2D eigenvalue weighted by Gasteiger charge is -2.20. The minimum atomic E-state index is -1.70. The highest BCUT2D eigenvalue weighted by atomic mass is 35.5. The van der Waals surface area contributed by atoms with Crippen LogP contribution in [0.2, 0.25) is 5.02 Å². The summed E-state index contributed by atoms with van der Waals surface area (Å²) >= 11 is 6.62. The predicted molar refractivity (Wildman–Crippen MR) is 141 cm³/mol. The molecule has 38 heavy (non-hydrogen) atoms. The standard InChI is InChI=1S/C27H21ClF2N8/c1-15(2)38-14-24(36-37-38)26(16-3-5-18(29)6-4-16)34-20-8-22-25(35-21-7-19(30)12-32-13-21)17(10-31)11-33-27(22)23(28)9-20/h3-9,11-15,26,34H,1-2H3,(H,33,35)/i26D. The number of anilines is 3. The van der Waals surface area contributed by atoms with Gasteiger partial charge in [0.1, 0.15) is 23.4 Å². The van der Waals surface area contributed by atoms with Crippen LogP contribution >= 0.6 is 11.6 Å². The quantitative estimate of drug-likeness (QED) is 0.245. The summed E-state index contributed by atoms with van der Waals surface area (Å²) in [7, 11) is 0. The van der Waals surface area contributed by atoms with Crippen molar-refractivity contribution < 1.29 is 10.2 Å². The summed E-state index contributed by atoms with van der Waals surface area (Å²) in [6.07, 6.45) is 5.50. The zero-order valence-electron chi connectivity index (χ0n) is 21.2. The Kier molecular flexibility index (Phi) is 6.50. The van der Waals surface area contributed by atoms with E-state index in [0.29, 0.717) is 33.5 Å². The number of hydrogen-bond acceptors (Lipinski definition) is 7. The van der Waals surface area contributed by atoms with Crippen LogP contribution in [0.1, 0.15) is 44.1 Å². The molecular formula is C27H21ClF2N8. The zero-order valence-corrected chi connectivity index (χ0v) is 21.0. The summed E-state index contributed by atoms with van der Waals surface area (Å²) in [5.41, 5.74) is 2.30. The Morgan fingerprint density at radius 3 is 2.53 bits per heavy atom. The van der Waals surface area contributed by atoms with Crippen LogP contribution in [0.15, 0.2) is 67.3 Å². The number of nitrogens with zero attached hydrogens (tertiary/aromatic N) is 6. The van der Waals surface area contributed by atoms with Crippen molar-refractivity contribution in [3.8, 4) is 6.07 Å². The first-order valence-corrected chi connectivity index (χ1v) is 11.9. The van der Waals surface area contributed by atoms with Crippen molar-refractivity contribution in [1.29, 1.82) is 5.26 Å². The molecule has 0 aliphatic heterocycles. The van der Waals surface area contributed by atoms with Crippen LogP contribution in [0.5, 0.6) is 0 Å². The zero-order chi connectivity index (χ0) is 27.7. The fourth-order valence-electron chi connectivity index (χ4n) is 3.86. The molecule has 0 saturated carbocycles. The Balaban J connectivity index is 1.66. The van der Waals surface area contributed by atoms with Gasteiger partial charge in [-0.1, -0.05) is 28.9 Å². The molecule has 3 aromatic heterocycles. The highest BCUT2D eigenvalue weighted by molar-refractivity contribution is 6.36. The molecular weight excluding hydrogens is 510 g/mol. The van der Waals surface area contributed by atoms with Gasteiger partial charge in [-0.2, -0.15) is 5.26 Å². The van der Waals surface area contributed by atoms with Gasteiger partial charge in [-0.15, -0.1) is 5.10 Å². The molecule has 0 radical (unpaired) electrons. The number of rotatable bonds is 7. The van der Waals surface area contributed by atoms with Crippen LogP contribution in [0.4, 0.5) is 25.8 Å². The first kappa shape index (κ1) is 23.8. The van der Waals surface area contributed by atoms with Gasteiger partial charge < -0.3 is 10.6 Å². The van der Waals surface area contributed by atoms with Crippen LogP contribution in [0.3, 0.4) is 0 Å². The molecule has 0 aliphatic rings. The molecule has 2 N–H and O–H groups in total. The Hall–Kier alpha value is -4.62. The van der Waals surface area contributed by atoms with Gasteiger partial charge in [0.25, 0.3) is 0 Å². The minimum absolute atomic E-state index is 0.000235. The summed E-state index contributed by atoms with van der Waals surface area (Å²) in [5, 5.41) is 25.0. The molecule has 0 fully saturated rings. The molecule has 190 valence electrons. The first-order valence-electron chi connectivity index (χ1n) is 12.0. The summed E-state index contributed by atoms with van der Waals surface area (Å²) in [5.74, 6) is -0.997. The van der Waals surface area contributed by atoms with Gasteiger partial charge in [-0.05, 0) is 43.7 Å². The molecule has 0 aliphatic carbocycles. The lowest BCUT2D eigenvalue weighted by molar-refractivity contribution is 0.514. The lowest BCUT2D eigenvalue weighted by Crippen LogP contribution is -2.13. The van der Waals surface area contributed by atoms with Crippen molar-refractivity contribution in [3.63, 3.8) is 0 Å². The highest BCUT2D eigenvalue weighted by Gasteiger charge is 2.21. The smallest absolute Gasteiger partial charge is 0.143 e. The van der Waals surface area contributed by atoms with Crippen LogP contribution < -0.4 is 10.6 Å². The molecule has 0 saturated heterocycles. The molecule has 8 nitrogen and oxygen atoms in total. The number of halogens is 3. The summed E-state index contributed by atoms with van der Waals surface area (Å²) in [6.45, 7) is 3.86. The Morgan fingerprint density at radius 2 is 1.84 bits per heavy atom. The summed E-state index contributed by atoms with van der Waals surface area (Å²) in [4.78, 5) is 8.18. The number of fused-ring (bicyclic) bond motifs is 1. The van der Waals surface area contributed by atoms with Crippen molar-refractivity contribution in [2.24, 2.45) is 0 Å². The number of aromatic nitrogens is 5. The maximum atomic E-state index is 13.8. The predicted octanol–water partition coefficient (Wildman–Crippen LogP) is 6.55. The molecule has 1 atom stereocenters. The SMILES string of the molecule is [2H]C(Nc1cc(Cl)c2ncc(C#N)c(Nc3cncc(F)c3)c2c1)(c1ccc(F)cc1)c1cn(C(C)C)nn1. The fraction of sp³-hybridized carbons (Fsp3) is 0.148. The van der Waals surface area contributed by atoms with Crippen molar-refractivity contribution in [3.05, 3.63) is 101 Å². The third-order valence-electron chi connectivity index (χ3n) is 5.72. The number of nitriles is 1. The molecule has 5 aromatic rings. The first-order chi connectivity index (χ1) is 18.7. The Bertz CT molecular complexity index is 1720. The van der Waals surface area contributed by atoms with E-state index in [0.717, 1.165) is 6.20 Å². The van der Waals surface area contributed by atoms with E-state index in [9.17, 15) is 15.4 Å². The van der Waals surface area contributed by atoms with Crippen molar-refractivity contribution >= 4 is 39.6 Å². The molecule has 5 rings (SSSR count). The topological polar surface area (TPSA) is 104 Å². The normalized spacial score (nSPS) is 13.1. The van der Waals surface area contributed by atoms with Crippen LogP contribution in [0.25, 0.3) is 10.9 Å². The van der Waals surface area contributed by atoms with Crippen molar-refractivity contribution in [2.45, 2.75) is 25.9 Å². The van der Waals surface area contributed by atoms with Gasteiger partial charge in [0.15, 0.2) is 0 Å². The second kappa shape index (κ2) is 10.4. The monoisotopic (exact) mass is 531 g/mol. The average molecular weight is 532 g/mol. The molecule has 0 spiro atoms. The van der Waals surface area contributed by atoms with Crippen LogP contribution in [-0.4, -0.2) is 25.0 Å². The number of hydrogen-bond donors (Lipinski definition) is 2. The number of nitrogens with one attached hydrogen (secondary N) is 2. The molecule has 11 heteroatoms. The lowest BCUT2D eigenvalue weighted by atomic mass is 10.0. The number of pyridine rings is 2. The van der Waals surface area contributed by atoms with E-state index in [2.05, 4.69) is 37.0 Å². The van der Waals surface area contributed by atoms with E-state index in [1.807, 2.05) is 13.8 Å². The van der Waals surface area contributed by atoms with E-state index in [1.54, 1.807) is 23.0 Å². The van der Waals surface area contributed by atoms with Gasteiger partial charge in [0, 0.05) is 29.4 Å². The summed E-state index contributed by atoms with van der Waals surface area (Å²) in [6, 6.07) is 10.4. The maximum Gasteiger partial charge on any atom is 0.143 e. The van der Waals surface area contributed by atoms with E-state index >= 15 is 0 Å². The number of benzene rings is 2. The van der Waals surface area contributed by atoms with Crippen LogP contribution in [0, 0.1) is 23.0 Å². The Labute approximate surface area is 223 Å². The van der Waals surface area contributed by atoms with E-state index < -0.39 is 17.7 Å². The molecule has 3 heterocycles. The maximum absolute atomic E-state index is 13.8. The van der Waals surface area contributed by atoms with Crippen molar-refractivity contribution in [1.82, 2.24) is 25.0 Å². The van der Waals surface area contributed by atoms with Gasteiger partial charge in [0.05, 0.1) is 53.5 Å². The van der Waals surface area contributed by atoms with E-state index in [4.69, 9.17) is 11.6 Å². The van der Waals surface area contributed by atoms with E-state index in [1.165, 1.54) is 42.7 Å².